The lowest BCUT2D eigenvalue weighted by Gasteiger charge is -2.25. The van der Waals surface area contributed by atoms with Gasteiger partial charge in [0.2, 0.25) is 0 Å². The fourth-order valence-electron chi connectivity index (χ4n) is 3.79. The first-order valence-electron chi connectivity index (χ1n) is 9.59. The minimum absolute atomic E-state index is 0.0649. The fraction of sp³-hybridized carbons (Fsp3) is 0.167. The molecule has 0 spiro atoms. The molecule has 7 heteroatoms. The minimum atomic E-state index is -0.733. The number of ketones is 1. The van der Waals surface area contributed by atoms with Crippen molar-refractivity contribution in [2.75, 3.05) is 12.0 Å². The largest absolute Gasteiger partial charge is 0.507 e. The number of benzene rings is 2. The van der Waals surface area contributed by atoms with Crippen LogP contribution in [0.25, 0.3) is 5.76 Å². The van der Waals surface area contributed by atoms with Gasteiger partial charge in [-0.05, 0) is 78.9 Å². The second kappa shape index (κ2) is 8.21. The molecule has 1 atom stereocenters. The van der Waals surface area contributed by atoms with Gasteiger partial charge in [0.05, 0.1) is 12.7 Å². The van der Waals surface area contributed by atoms with Crippen LogP contribution < -0.4 is 9.64 Å². The van der Waals surface area contributed by atoms with E-state index in [1.165, 1.54) is 16.2 Å². The molecule has 1 amide bonds. The van der Waals surface area contributed by atoms with Crippen LogP contribution in [0.3, 0.4) is 0 Å². The number of carbonyl (C=O) groups is 2. The van der Waals surface area contributed by atoms with Crippen molar-refractivity contribution in [1.82, 2.24) is 0 Å². The van der Waals surface area contributed by atoms with E-state index in [1.54, 1.807) is 49.6 Å². The number of aliphatic hydroxyl groups is 1. The third-order valence-corrected chi connectivity index (χ3v) is 6.69. The van der Waals surface area contributed by atoms with E-state index in [0.29, 0.717) is 22.0 Å². The number of hydrogen-bond donors (Lipinski definition) is 1. The minimum Gasteiger partial charge on any atom is -0.507 e. The zero-order valence-electron chi connectivity index (χ0n) is 17.2. The monoisotopic (exact) mass is 453 g/mol. The zero-order chi connectivity index (χ0) is 22.3. The number of halogens is 1. The Bertz CT molecular complexity index is 1210. The van der Waals surface area contributed by atoms with Gasteiger partial charge in [-0.3, -0.25) is 14.5 Å². The summed E-state index contributed by atoms with van der Waals surface area (Å²) >= 11 is 7.46. The van der Waals surface area contributed by atoms with Crippen LogP contribution in [-0.2, 0) is 9.59 Å². The smallest absolute Gasteiger partial charge is 0.300 e. The van der Waals surface area contributed by atoms with E-state index in [-0.39, 0.29) is 11.3 Å². The van der Waals surface area contributed by atoms with Gasteiger partial charge in [-0.25, -0.2) is 0 Å². The van der Waals surface area contributed by atoms with Crippen LogP contribution in [0.5, 0.6) is 5.75 Å². The average Bonchev–Trinajstić information content (AvgIpc) is 3.29. The zero-order valence-corrected chi connectivity index (χ0v) is 18.8. The number of methoxy groups -OCH3 is 1. The Labute approximate surface area is 189 Å². The van der Waals surface area contributed by atoms with Crippen molar-refractivity contribution in [3.63, 3.8) is 0 Å². The number of anilines is 1. The summed E-state index contributed by atoms with van der Waals surface area (Å²) in [7, 11) is 1.57. The summed E-state index contributed by atoms with van der Waals surface area (Å²) in [5.74, 6) is -0.951. The van der Waals surface area contributed by atoms with Crippen LogP contribution in [0.4, 0.5) is 5.69 Å². The van der Waals surface area contributed by atoms with Crippen LogP contribution >= 0.6 is 22.9 Å². The quantitative estimate of drug-likeness (QED) is 0.315. The number of thiophene rings is 1. The molecule has 3 aromatic rings. The van der Waals surface area contributed by atoms with Gasteiger partial charge >= 0.3 is 0 Å². The van der Waals surface area contributed by atoms with Crippen molar-refractivity contribution in [3.8, 4) is 5.75 Å². The second-order valence-corrected chi connectivity index (χ2v) is 8.68. The summed E-state index contributed by atoms with van der Waals surface area (Å²) in [4.78, 5) is 28.5. The maximum Gasteiger partial charge on any atom is 0.300 e. The van der Waals surface area contributed by atoms with Crippen molar-refractivity contribution >= 4 is 46.1 Å². The molecular weight excluding hydrogens is 434 g/mol. The molecule has 0 aliphatic carbocycles. The molecular formula is C24H20ClNO4S. The number of amides is 1. The number of aryl methyl sites for hydroxylation is 2. The number of ether oxygens (including phenoxy) is 1. The van der Waals surface area contributed by atoms with Gasteiger partial charge in [0.1, 0.15) is 17.6 Å². The number of carbonyl (C=O) groups excluding carboxylic acids is 2. The fourth-order valence-corrected chi connectivity index (χ4v) is 4.95. The first kappa shape index (κ1) is 21.2. The summed E-state index contributed by atoms with van der Waals surface area (Å²) < 4.78 is 5.29. The molecule has 1 aliphatic rings. The topological polar surface area (TPSA) is 66.8 Å². The summed E-state index contributed by atoms with van der Waals surface area (Å²) in [5.41, 5.74) is 2.80. The van der Waals surface area contributed by atoms with E-state index in [4.69, 9.17) is 16.3 Å². The van der Waals surface area contributed by atoms with Crippen molar-refractivity contribution in [2.45, 2.75) is 19.9 Å². The highest BCUT2D eigenvalue weighted by atomic mass is 35.5. The normalized spacial score (nSPS) is 17.9. The summed E-state index contributed by atoms with van der Waals surface area (Å²) in [6.45, 7) is 3.77. The molecule has 5 nitrogen and oxygen atoms in total. The standard InChI is InChI=1S/C24H20ClNO4S/c1-13-10-11-31-23(13)20-19(21(27)15-4-9-18(30-3)14(2)12-15)22(28)24(29)26(20)17-7-5-16(25)6-8-17/h4-12,20,27H,1-3H3/b21-19-. The third kappa shape index (κ3) is 3.62. The van der Waals surface area contributed by atoms with E-state index in [2.05, 4.69) is 0 Å². The molecule has 0 saturated carbocycles. The summed E-state index contributed by atoms with van der Waals surface area (Å²) in [6.07, 6.45) is 0. The average molecular weight is 454 g/mol. The van der Waals surface area contributed by atoms with Crippen LogP contribution in [0.15, 0.2) is 59.5 Å². The molecule has 0 radical (unpaired) electrons. The summed E-state index contributed by atoms with van der Waals surface area (Å²) in [5, 5.41) is 13.6. The van der Waals surface area contributed by atoms with Crippen molar-refractivity contribution in [3.05, 3.63) is 86.1 Å². The Kier molecular flexibility index (Phi) is 5.60. The van der Waals surface area contributed by atoms with Crippen molar-refractivity contribution in [2.24, 2.45) is 0 Å². The Balaban J connectivity index is 1.93. The van der Waals surface area contributed by atoms with Crippen molar-refractivity contribution < 1.29 is 19.4 Å². The van der Waals surface area contributed by atoms with Gasteiger partial charge in [0, 0.05) is 21.2 Å². The highest BCUT2D eigenvalue weighted by Crippen LogP contribution is 2.45. The number of rotatable bonds is 4. The maximum atomic E-state index is 13.1. The molecule has 4 rings (SSSR count). The number of Topliss-reactive ketones (excluding diaryl/α,β-unsaturated/α-hetero) is 1. The Morgan fingerprint density at radius 2 is 1.77 bits per heavy atom. The Morgan fingerprint density at radius 1 is 1.06 bits per heavy atom. The van der Waals surface area contributed by atoms with Gasteiger partial charge in [-0.1, -0.05) is 11.6 Å². The lowest BCUT2D eigenvalue weighted by Crippen LogP contribution is -2.29. The lowest BCUT2D eigenvalue weighted by molar-refractivity contribution is -0.132. The first-order valence-corrected chi connectivity index (χ1v) is 10.8. The molecule has 1 N–H and O–H groups in total. The molecule has 2 aromatic carbocycles. The molecule has 158 valence electrons. The van der Waals surface area contributed by atoms with Gasteiger partial charge in [0.25, 0.3) is 11.7 Å². The predicted molar refractivity (Wildman–Crippen MR) is 123 cm³/mol. The number of aliphatic hydroxyl groups excluding tert-OH is 1. The molecule has 1 aliphatic heterocycles. The van der Waals surface area contributed by atoms with E-state index < -0.39 is 17.7 Å². The Hall–Kier alpha value is -3.09. The molecule has 31 heavy (non-hydrogen) atoms. The Morgan fingerprint density at radius 3 is 2.35 bits per heavy atom. The number of hydrogen-bond acceptors (Lipinski definition) is 5. The van der Waals surface area contributed by atoms with E-state index in [1.807, 2.05) is 25.3 Å². The molecule has 1 fully saturated rings. The van der Waals surface area contributed by atoms with E-state index in [9.17, 15) is 14.7 Å². The van der Waals surface area contributed by atoms with Gasteiger partial charge in [-0.15, -0.1) is 11.3 Å². The number of nitrogens with zero attached hydrogens (tertiary/aromatic N) is 1. The van der Waals surface area contributed by atoms with Crippen LogP contribution in [0, 0.1) is 13.8 Å². The van der Waals surface area contributed by atoms with E-state index in [0.717, 1.165) is 16.0 Å². The maximum absolute atomic E-state index is 13.1. The second-order valence-electron chi connectivity index (χ2n) is 7.30. The first-order chi connectivity index (χ1) is 14.8. The van der Waals surface area contributed by atoms with Gasteiger partial charge in [0.15, 0.2) is 0 Å². The highest BCUT2D eigenvalue weighted by Gasteiger charge is 2.47. The SMILES string of the molecule is COc1ccc(/C(O)=C2/C(=O)C(=O)N(c3ccc(Cl)cc3)C2c2sccc2C)cc1C. The van der Waals surface area contributed by atoms with Gasteiger partial charge < -0.3 is 9.84 Å². The molecule has 1 saturated heterocycles. The van der Waals surface area contributed by atoms with Crippen LogP contribution in [0.1, 0.15) is 27.6 Å². The van der Waals surface area contributed by atoms with Crippen LogP contribution in [-0.4, -0.2) is 23.9 Å². The molecule has 0 bridgehead atoms. The third-order valence-electron chi connectivity index (χ3n) is 5.37. The predicted octanol–water partition coefficient (Wildman–Crippen LogP) is 5.65. The van der Waals surface area contributed by atoms with Crippen LogP contribution in [0.2, 0.25) is 5.02 Å². The van der Waals surface area contributed by atoms with E-state index >= 15 is 0 Å². The molecule has 1 unspecified atom stereocenters. The molecule has 1 aromatic heterocycles. The molecule has 2 heterocycles. The lowest BCUT2D eigenvalue weighted by atomic mass is 9.97. The summed E-state index contributed by atoms with van der Waals surface area (Å²) in [6, 6.07) is 13.1. The van der Waals surface area contributed by atoms with Gasteiger partial charge in [-0.2, -0.15) is 0 Å². The van der Waals surface area contributed by atoms with Crippen molar-refractivity contribution in [1.29, 1.82) is 0 Å². The highest BCUT2D eigenvalue weighted by molar-refractivity contribution is 7.10.